The van der Waals surface area contributed by atoms with Gasteiger partial charge in [-0.05, 0) is 38.1 Å². The highest BCUT2D eigenvalue weighted by molar-refractivity contribution is 5.98. The fourth-order valence-electron chi connectivity index (χ4n) is 3.30. The second kappa shape index (κ2) is 7.08. The lowest BCUT2D eigenvalue weighted by Gasteiger charge is -2.24. The van der Waals surface area contributed by atoms with Crippen LogP contribution >= 0.6 is 0 Å². The molecule has 0 bridgehead atoms. The molecule has 0 spiro atoms. The topological polar surface area (TPSA) is 60.0 Å². The van der Waals surface area contributed by atoms with Gasteiger partial charge in [-0.1, -0.05) is 6.92 Å². The number of hydrogen-bond acceptors (Lipinski definition) is 5. The molecule has 1 atom stereocenters. The van der Waals surface area contributed by atoms with Gasteiger partial charge in [-0.15, -0.1) is 0 Å². The van der Waals surface area contributed by atoms with Crippen LogP contribution in [-0.2, 0) is 0 Å². The van der Waals surface area contributed by atoms with E-state index in [1.54, 1.807) is 19.2 Å². The van der Waals surface area contributed by atoms with E-state index in [2.05, 4.69) is 17.1 Å². The highest BCUT2D eigenvalue weighted by atomic mass is 16.6. The number of nitrogens with one attached hydrogen (secondary N) is 1. The molecule has 2 heterocycles. The zero-order valence-corrected chi connectivity index (χ0v) is 13.8. The molecule has 1 aromatic rings. The number of carbonyl (C=O) groups excluding carboxylic acids is 1. The van der Waals surface area contributed by atoms with Crippen molar-refractivity contribution in [2.75, 3.05) is 40.0 Å². The first-order valence-corrected chi connectivity index (χ1v) is 8.23. The van der Waals surface area contributed by atoms with E-state index in [9.17, 15) is 4.79 Å². The first-order chi connectivity index (χ1) is 11.2. The summed E-state index contributed by atoms with van der Waals surface area (Å²) in [4.78, 5) is 15.0. The Bertz CT molecular complexity index is 576. The lowest BCUT2D eigenvalue weighted by atomic mass is 10.1. The van der Waals surface area contributed by atoms with E-state index in [-0.39, 0.29) is 5.91 Å². The van der Waals surface area contributed by atoms with Crippen LogP contribution in [0.15, 0.2) is 12.1 Å². The number of likely N-dealkylation sites (tertiary alicyclic amines) is 1. The van der Waals surface area contributed by atoms with Gasteiger partial charge in [0.05, 0.1) is 12.7 Å². The van der Waals surface area contributed by atoms with Crippen LogP contribution in [0.4, 0.5) is 0 Å². The number of likely N-dealkylation sites (N-methyl/N-ethyl adjacent to an activating group) is 1. The lowest BCUT2D eigenvalue weighted by molar-refractivity contribution is 0.0929. The SMILES string of the molecule is CCN1CCCC1CNC(=O)c1ccc(OC)c2c1OCCO2. The minimum Gasteiger partial charge on any atom is -0.493 e. The molecule has 3 rings (SSSR count). The van der Waals surface area contributed by atoms with Gasteiger partial charge in [0.2, 0.25) is 5.75 Å². The lowest BCUT2D eigenvalue weighted by Crippen LogP contribution is -2.40. The van der Waals surface area contributed by atoms with Crippen LogP contribution < -0.4 is 19.5 Å². The molecule has 1 N–H and O–H groups in total. The first-order valence-electron chi connectivity index (χ1n) is 8.23. The maximum Gasteiger partial charge on any atom is 0.255 e. The molecule has 6 nitrogen and oxygen atoms in total. The highest BCUT2D eigenvalue weighted by Crippen LogP contribution is 2.41. The molecule has 1 amide bonds. The summed E-state index contributed by atoms with van der Waals surface area (Å²) >= 11 is 0. The zero-order valence-electron chi connectivity index (χ0n) is 13.8. The molecule has 2 aliphatic heterocycles. The van der Waals surface area contributed by atoms with Crippen LogP contribution in [0.3, 0.4) is 0 Å². The van der Waals surface area contributed by atoms with Gasteiger partial charge in [-0.25, -0.2) is 0 Å². The normalized spacial score (nSPS) is 20.3. The van der Waals surface area contributed by atoms with E-state index in [0.717, 1.165) is 19.5 Å². The quantitative estimate of drug-likeness (QED) is 0.894. The molecule has 126 valence electrons. The predicted octanol–water partition coefficient (Wildman–Crippen LogP) is 1.68. The molecular weight excluding hydrogens is 296 g/mol. The second-order valence-electron chi connectivity index (χ2n) is 5.81. The molecular formula is C17H24N2O4. The number of benzene rings is 1. The molecule has 0 aliphatic carbocycles. The number of nitrogens with zero attached hydrogens (tertiary/aromatic N) is 1. The molecule has 1 unspecified atom stereocenters. The number of carbonyl (C=O) groups is 1. The van der Waals surface area contributed by atoms with E-state index in [1.165, 1.54) is 6.42 Å². The molecule has 1 saturated heterocycles. The fraction of sp³-hybridized carbons (Fsp3) is 0.588. The number of ether oxygens (including phenoxy) is 3. The van der Waals surface area contributed by atoms with Crippen LogP contribution in [0.1, 0.15) is 30.1 Å². The summed E-state index contributed by atoms with van der Waals surface area (Å²) in [7, 11) is 1.58. The van der Waals surface area contributed by atoms with Gasteiger partial charge in [0.15, 0.2) is 11.5 Å². The Kier molecular flexibility index (Phi) is 4.91. The average molecular weight is 320 g/mol. The molecule has 0 saturated carbocycles. The summed E-state index contributed by atoms with van der Waals surface area (Å²) in [6.45, 7) is 5.86. The van der Waals surface area contributed by atoms with Gasteiger partial charge in [-0.2, -0.15) is 0 Å². The smallest absolute Gasteiger partial charge is 0.255 e. The summed E-state index contributed by atoms with van der Waals surface area (Å²) < 4.78 is 16.5. The van der Waals surface area contributed by atoms with Crippen molar-refractivity contribution in [1.82, 2.24) is 10.2 Å². The van der Waals surface area contributed by atoms with E-state index >= 15 is 0 Å². The maximum atomic E-state index is 12.6. The Balaban J connectivity index is 1.72. The molecule has 1 fully saturated rings. The predicted molar refractivity (Wildman–Crippen MR) is 86.6 cm³/mol. The standard InChI is InChI=1S/C17H24N2O4/c1-3-19-8-4-5-12(19)11-18-17(20)13-6-7-14(21-2)16-15(13)22-9-10-23-16/h6-7,12H,3-5,8-11H2,1-2H3,(H,18,20). The third-order valence-electron chi connectivity index (χ3n) is 4.52. The highest BCUT2D eigenvalue weighted by Gasteiger charge is 2.27. The van der Waals surface area contributed by atoms with Crippen LogP contribution in [0, 0.1) is 0 Å². The first kappa shape index (κ1) is 15.9. The van der Waals surface area contributed by atoms with E-state index < -0.39 is 0 Å². The zero-order chi connectivity index (χ0) is 16.2. The Morgan fingerprint density at radius 2 is 2.13 bits per heavy atom. The monoisotopic (exact) mass is 320 g/mol. The molecule has 1 aromatic carbocycles. The summed E-state index contributed by atoms with van der Waals surface area (Å²) in [5.74, 6) is 1.45. The third-order valence-corrected chi connectivity index (χ3v) is 4.52. The molecule has 23 heavy (non-hydrogen) atoms. The van der Waals surface area contributed by atoms with Crippen molar-refractivity contribution in [2.45, 2.75) is 25.8 Å². The Morgan fingerprint density at radius 1 is 1.35 bits per heavy atom. The minimum atomic E-state index is -0.127. The molecule has 6 heteroatoms. The van der Waals surface area contributed by atoms with Gasteiger partial charge in [0.25, 0.3) is 5.91 Å². The van der Waals surface area contributed by atoms with Gasteiger partial charge in [0, 0.05) is 12.6 Å². The van der Waals surface area contributed by atoms with Crippen molar-refractivity contribution in [1.29, 1.82) is 0 Å². The number of methoxy groups -OCH3 is 1. The minimum absolute atomic E-state index is 0.127. The van der Waals surface area contributed by atoms with Crippen LogP contribution in [-0.4, -0.2) is 56.8 Å². The van der Waals surface area contributed by atoms with Crippen molar-refractivity contribution in [3.63, 3.8) is 0 Å². The van der Waals surface area contributed by atoms with Gasteiger partial charge in [0.1, 0.15) is 13.2 Å². The van der Waals surface area contributed by atoms with Crippen molar-refractivity contribution in [2.24, 2.45) is 0 Å². The summed E-state index contributed by atoms with van der Waals surface area (Å²) in [6, 6.07) is 3.90. The van der Waals surface area contributed by atoms with Crippen LogP contribution in [0.25, 0.3) is 0 Å². The second-order valence-corrected chi connectivity index (χ2v) is 5.81. The Labute approximate surface area is 136 Å². The molecule has 0 aromatic heterocycles. The van der Waals surface area contributed by atoms with Gasteiger partial charge >= 0.3 is 0 Å². The number of amides is 1. The average Bonchev–Trinajstić information content (AvgIpc) is 3.06. The number of fused-ring (bicyclic) bond motifs is 1. The maximum absolute atomic E-state index is 12.6. The van der Waals surface area contributed by atoms with Gasteiger partial charge in [-0.3, -0.25) is 9.69 Å². The summed E-state index contributed by atoms with van der Waals surface area (Å²) in [5, 5.41) is 3.04. The Morgan fingerprint density at radius 3 is 2.87 bits per heavy atom. The van der Waals surface area contributed by atoms with Crippen molar-refractivity contribution in [3.05, 3.63) is 17.7 Å². The molecule has 2 aliphatic rings. The summed E-state index contributed by atoms with van der Waals surface area (Å²) in [6.07, 6.45) is 2.33. The molecule has 0 radical (unpaired) electrons. The van der Waals surface area contributed by atoms with Gasteiger partial charge < -0.3 is 19.5 Å². The Hall–Kier alpha value is -1.95. The number of hydrogen-bond donors (Lipinski definition) is 1. The van der Waals surface area contributed by atoms with Crippen LogP contribution in [0.2, 0.25) is 0 Å². The number of rotatable bonds is 5. The van der Waals surface area contributed by atoms with E-state index in [4.69, 9.17) is 14.2 Å². The fourth-order valence-corrected chi connectivity index (χ4v) is 3.30. The largest absolute Gasteiger partial charge is 0.493 e. The third kappa shape index (κ3) is 3.22. The van der Waals surface area contributed by atoms with Crippen molar-refractivity contribution in [3.8, 4) is 17.2 Å². The van der Waals surface area contributed by atoms with Crippen LogP contribution in [0.5, 0.6) is 17.2 Å². The van der Waals surface area contributed by atoms with Crippen molar-refractivity contribution >= 4 is 5.91 Å². The van der Waals surface area contributed by atoms with E-state index in [0.29, 0.717) is 48.6 Å². The van der Waals surface area contributed by atoms with E-state index in [1.807, 2.05) is 0 Å². The van der Waals surface area contributed by atoms with Crippen molar-refractivity contribution < 1.29 is 19.0 Å². The summed E-state index contributed by atoms with van der Waals surface area (Å²) in [5.41, 5.74) is 0.501.